The molecule has 0 aliphatic carbocycles. The highest BCUT2D eigenvalue weighted by atomic mass is 35.5. The number of halogens is 1. The number of hydrogen-bond donors (Lipinski definition) is 3. The lowest BCUT2D eigenvalue weighted by atomic mass is 10.2. The van der Waals surface area contributed by atoms with E-state index in [0.29, 0.717) is 34.2 Å². The van der Waals surface area contributed by atoms with E-state index in [9.17, 15) is 13.2 Å². The number of sulfonamides is 1. The lowest BCUT2D eigenvalue weighted by Gasteiger charge is -2.09. The van der Waals surface area contributed by atoms with Crippen LogP contribution in [0.15, 0.2) is 33.4 Å². The monoisotopic (exact) mass is 479 g/mol. The first-order valence-corrected chi connectivity index (χ1v) is 12.1. The Morgan fingerprint density at radius 2 is 2.11 bits per heavy atom. The summed E-state index contributed by atoms with van der Waals surface area (Å²) in [7, 11) is -2.35. The standard InChI is InChI=1S/C16H18ClN3O4S4/c1-24-12-4-3-9(17)7-11(12)14(21)19-6-5-10-8-13(26-2)15(27-10)28(22,23)20-16(18)25/h3-4,7-8H,5-6H2,1-2H3,(H,19,21)(H3,18,20,25). The number of rotatable bonds is 8. The van der Waals surface area contributed by atoms with E-state index >= 15 is 0 Å². The molecule has 0 atom stereocenters. The van der Waals surface area contributed by atoms with E-state index in [1.165, 1.54) is 24.9 Å². The molecule has 0 fully saturated rings. The molecule has 0 bridgehead atoms. The van der Waals surface area contributed by atoms with Crippen molar-refractivity contribution >= 4 is 68.0 Å². The maximum Gasteiger partial charge on any atom is 0.274 e. The Morgan fingerprint density at radius 1 is 1.39 bits per heavy atom. The predicted octanol–water partition coefficient (Wildman–Crippen LogP) is 2.63. The minimum absolute atomic E-state index is 0.144. The third-order valence-corrected chi connectivity index (χ3v) is 8.06. The Balaban J connectivity index is 2.09. The number of benzene rings is 1. The molecule has 1 aromatic carbocycles. The number of carbonyl (C=O) groups excluding carboxylic acids is 1. The van der Waals surface area contributed by atoms with E-state index in [2.05, 4.69) is 22.3 Å². The van der Waals surface area contributed by atoms with Crippen LogP contribution in [0.4, 0.5) is 0 Å². The zero-order chi connectivity index (χ0) is 20.9. The van der Waals surface area contributed by atoms with E-state index in [1.54, 1.807) is 24.5 Å². The Hall–Kier alpha value is -1.53. The zero-order valence-electron chi connectivity index (χ0n) is 14.9. The van der Waals surface area contributed by atoms with Gasteiger partial charge < -0.3 is 15.8 Å². The molecule has 1 heterocycles. The summed E-state index contributed by atoms with van der Waals surface area (Å²) in [6.45, 7) is 0.311. The molecule has 152 valence electrons. The van der Waals surface area contributed by atoms with Crippen LogP contribution in [-0.4, -0.2) is 39.3 Å². The fraction of sp³-hybridized carbons (Fsp3) is 0.250. The summed E-state index contributed by atoms with van der Waals surface area (Å²) in [4.78, 5) is 13.8. The second kappa shape index (κ2) is 9.79. The molecule has 12 heteroatoms. The summed E-state index contributed by atoms with van der Waals surface area (Å²) < 4.78 is 32.1. The average Bonchev–Trinajstić information content (AvgIpc) is 3.05. The molecule has 1 amide bonds. The third-order valence-electron chi connectivity index (χ3n) is 3.48. The molecule has 2 rings (SSSR count). The third kappa shape index (κ3) is 5.74. The average molecular weight is 480 g/mol. The number of thioether (sulfide) groups is 1. The molecule has 0 unspecified atom stereocenters. The predicted molar refractivity (Wildman–Crippen MR) is 117 cm³/mol. The summed E-state index contributed by atoms with van der Waals surface area (Å²) >= 11 is 13.0. The Morgan fingerprint density at radius 3 is 2.71 bits per heavy atom. The highest BCUT2D eigenvalue weighted by molar-refractivity contribution is 8.00. The van der Waals surface area contributed by atoms with E-state index in [-0.39, 0.29) is 15.2 Å². The van der Waals surface area contributed by atoms with Crippen LogP contribution in [0.3, 0.4) is 0 Å². The SMILES string of the molecule is COc1ccc(Cl)cc1C(=O)NCCc1cc(SC)c(S(=O)(=O)NC(N)=S)s1. The molecule has 1 aromatic heterocycles. The van der Waals surface area contributed by atoms with Crippen molar-refractivity contribution in [3.63, 3.8) is 0 Å². The molecule has 0 saturated carbocycles. The molecule has 0 aliphatic heterocycles. The normalized spacial score (nSPS) is 11.1. The fourth-order valence-electron chi connectivity index (χ4n) is 2.29. The summed E-state index contributed by atoms with van der Waals surface area (Å²) in [6, 6.07) is 6.55. The Labute approximate surface area is 182 Å². The van der Waals surface area contributed by atoms with E-state index in [1.807, 2.05) is 0 Å². The number of ether oxygens (including phenoxy) is 1. The molecular formula is C16H18ClN3O4S4. The largest absolute Gasteiger partial charge is 0.496 e. The van der Waals surface area contributed by atoms with Crippen molar-refractivity contribution in [2.75, 3.05) is 19.9 Å². The maximum atomic E-state index is 12.4. The van der Waals surface area contributed by atoms with Crippen molar-refractivity contribution in [3.8, 4) is 5.75 Å². The summed E-state index contributed by atoms with van der Waals surface area (Å²) in [5.41, 5.74) is 5.62. The highest BCUT2D eigenvalue weighted by Crippen LogP contribution is 2.33. The van der Waals surface area contributed by atoms with Crippen LogP contribution in [0.25, 0.3) is 0 Å². The van der Waals surface area contributed by atoms with Gasteiger partial charge >= 0.3 is 0 Å². The molecular weight excluding hydrogens is 462 g/mol. The van der Waals surface area contributed by atoms with Gasteiger partial charge in [-0.3, -0.25) is 9.52 Å². The molecule has 0 spiro atoms. The van der Waals surface area contributed by atoms with E-state index < -0.39 is 10.0 Å². The number of nitrogens with one attached hydrogen (secondary N) is 2. The van der Waals surface area contributed by atoms with Crippen LogP contribution in [0.1, 0.15) is 15.2 Å². The van der Waals surface area contributed by atoms with E-state index in [0.717, 1.165) is 16.2 Å². The van der Waals surface area contributed by atoms with E-state index in [4.69, 9.17) is 22.1 Å². The Kier molecular flexibility index (Phi) is 7.96. The van der Waals surface area contributed by atoms with Crippen LogP contribution >= 0.6 is 46.9 Å². The first kappa shape index (κ1) is 22.8. The van der Waals surface area contributed by atoms with Crippen molar-refractivity contribution < 1.29 is 17.9 Å². The maximum absolute atomic E-state index is 12.4. The fourth-order valence-corrected chi connectivity index (χ4v) is 6.59. The van der Waals surface area contributed by atoms with Crippen molar-refractivity contribution in [1.29, 1.82) is 0 Å². The van der Waals surface area contributed by atoms with Crippen LogP contribution in [0, 0.1) is 0 Å². The van der Waals surface area contributed by atoms with Gasteiger partial charge in [-0.25, -0.2) is 8.42 Å². The minimum atomic E-state index is -3.82. The molecule has 0 saturated heterocycles. The number of methoxy groups -OCH3 is 1. The number of carbonyl (C=O) groups is 1. The van der Waals surface area contributed by atoms with Crippen LogP contribution in [0.5, 0.6) is 5.75 Å². The van der Waals surface area contributed by atoms with Gasteiger partial charge in [-0.1, -0.05) is 11.6 Å². The van der Waals surface area contributed by atoms with Gasteiger partial charge in [-0.15, -0.1) is 23.1 Å². The molecule has 28 heavy (non-hydrogen) atoms. The zero-order valence-corrected chi connectivity index (χ0v) is 19.0. The van der Waals surface area contributed by atoms with Gasteiger partial charge in [0.25, 0.3) is 15.9 Å². The molecule has 4 N–H and O–H groups in total. The Bertz CT molecular complexity index is 992. The van der Waals surface area contributed by atoms with Gasteiger partial charge in [-0.05, 0) is 49.2 Å². The number of amides is 1. The lowest BCUT2D eigenvalue weighted by Crippen LogP contribution is -2.34. The first-order chi connectivity index (χ1) is 13.2. The number of thiocarbonyl (C=S) groups is 1. The summed E-state index contributed by atoms with van der Waals surface area (Å²) in [6.07, 6.45) is 2.23. The topological polar surface area (TPSA) is 111 Å². The molecule has 0 aliphatic rings. The van der Waals surface area contributed by atoms with Crippen molar-refractivity contribution in [2.24, 2.45) is 5.73 Å². The van der Waals surface area contributed by atoms with Crippen molar-refractivity contribution in [3.05, 3.63) is 39.7 Å². The van der Waals surface area contributed by atoms with Crippen LogP contribution < -0.4 is 20.5 Å². The van der Waals surface area contributed by atoms with Crippen LogP contribution in [0.2, 0.25) is 5.02 Å². The highest BCUT2D eigenvalue weighted by Gasteiger charge is 2.22. The van der Waals surface area contributed by atoms with Crippen molar-refractivity contribution in [1.82, 2.24) is 10.0 Å². The van der Waals surface area contributed by atoms with Gasteiger partial charge in [0.1, 0.15) is 5.75 Å². The lowest BCUT2D eigenvalue weighted by molar-refractivity contribution is 0.0951. The first-order valence-electron chi connectivity index (χ1n) is 7.78. The van der Waals surface area contributed by atoms with Gasteiger partial charge in [0, 0.05) is 21.3 Å². The minimum Gasteiger partial charge on any atom is -0.496 e. The second-order valence-electron chi connectivity index (χ2n) is 5.39. The number of thiophene rings is 1. The van der Waals surface area contributed by atoms with Crippen molar-refractivity contribution in [2.45, 2.75) is 15.5 Å². The smallest absolute Gasteiger partial charge is 0.274 e. The summed E-state index contributed by atoms with van der Waals surface area (Å²) in [5.74, 6) is 0.0869. The molecule has 0 radical (unpaired) electrons. The second-order valence-corrected chi connectivity index (χ2v) is 10.1. The van der Waals surface area contributed by atoms with Gasteiger partial charge in [0.05, 0.1) is 12.7 Å². The molecule has 7 nitrogen and oxygen atoms in total. The quantitative estimate of drug-likeness (QED) is 0.394. The number of hydrogen-bond acceptors (Lipinski definition) is 7. The van der Waals surface area contributed by atoms with Gasteiger partial charge in [0.15, 0.2) is 9.32 Å². The summed E-state index contributed by atoms with van der Waals surface area (Å²) in [5, 5.41) is 2.89. The molecule has 2 aromatic rings. The van der Waals surface area contributed by atoms with Gasteiger partial charge in [-0.2, -0.15) is 0 Å². The number of nitrogens with two attached hydrogens (primary N) is 1. The van der Waals surface area contributed by atoms with Gasteiger partial charge in [0.2, 0.25) is 0 Å². The van der Waals surface area contributed by atoms with Crippen LogP contribution in [-0.2, 0) is 16.4 Å².